The van der Waals surface area contributed by atoms with Crippen LogP contribution in [0.25, 0.3) is 0 Å². The number of carbonyl (C=O) groups is 2. The second kappa shape index (κ2) is 5.83. The zero-order valence-corrected chi connectivity index (χ0v) is 10.4. The molecule has 6 nitrogen and oxygen atoms in total. The molecule has 6 heteroatoms. The molecule has 0 saturated heterocycles. The molecular weight excluding hydrogens is 260 g/mol. The maximum Gasteiger partial charge on any atom is 0.371 e. The van der Waals surface area contributed by atoms with Crippen LogP contribution in [0.15, 0.2) is 54.7 Å². The molecule has 2 aromatic rings. The number of aliphatic hydroxyl groups excluding tert-OH is 1. The van der Waals surface area contributed by atoms with E-state index in [-0.39, 0.29) is 0 Å². The molecule has 20 heavy (non-hydrogen) atoms. The van der Waals surface area contributed by atoms with Crippen LogP contribution >= 0.6 is 0 Å². The van der Waals surface area contributed by atoms with Gasteiger partial charge in [0.2, 0.25) is 5.76 Å². The Morgan fingerprint density at radius 2 is 2.05 bits per heavy atom. The minimum Gasteiger partial charge on any atom is -0.502 e. The van der Waals surface area contributed by atoms with E-state index in [0.29, 0.717) is 18.2 Å². The standard InChI is InChI=1S/C14H12N2O4/c17-12(7-13(18)14(19)20)10-4-6-16(8-10)9-11-3-1-2-5-15-11/h1-8,18H,9H2,(H,19,20). The van der Waals surface area contributed by atoms with Crippen LogP contribution in [0.1, 0.15) is 16.1 Å². The lowest BCUT2D eigenvalue weighted by Crippen LogP contribution is -2.03. The molecular formula is C14H12N2O4. The predicted molar refractivity (Wildman–Crippen MR) is 70.4 cm³/mol. The third kappa shape index (κ3) is 3.32. The average Bonchev–Trinajstić information content (AvgIpc) is 2.88. The Kier molecular flexibility index (Phi) is 3.95. The third-order valence-electron chi connectivity index (χ3n) is 2.59. The lowest BCUT2D eigenvalue weighted by molar-refractivity contribution is -0.135. The summed E-state index contributed by atoms with van der Waals surface area (Å²) < 4.78 is 1.75. The Balaban J connectivity index is 2.11. The van der Waals surface area contributed by atoms with Crippen molar-refractivity contribution in [2.75, 3.05) is 0 Å². The molecule has 0 aromatic carbocycles. The van der Waals surface area contributed by atoms with Gasteiger partial charge in [-0.1, -0.05) is 6.07 Å². The zero-order valence-electron chi connectivity index (χ0n) is 10.4. The number of allylic oxidation sites excluding steroid dienone is 1. The SMILES string of the molecule is O=C(O)C(O)=CC(=O)c1ccn(Cc2ccccn2)c1. The van der Waals surface area contributed by atoms with Crippen molar-refractivity contribution >= 4 is 11.8 Å². The van der Waals surface area contributed by atoms with Crippen molar-refractivity contribution in [1.82, 2.24) is 9.55 Å². The molecule has 0 bridgehead atoms. The highest BCUT2D eigenvalue weighted by Crippen LogP contribution is 2.07. The number of rotatable bonds is 5. The molecule has 0 aliphatic carbocycles. The number of carboxylic acid groups (broad SMARTS) is 1. The summed E-state index contributed by atoms with van der Waals surface area (Å²) >= 11 is 0. The molecule has 102 valence electrons. The fourth-order valence-electron chi connectivity index (χ4n) is 1.63. The lowest BCUT2D eigenvalue weighted by atomic mass is 10.2. The summed E-state index contributed by atoms with van der Waals surface area (Å²) in [5.41, 5.74) is 1.14. The van der Waals surface area contributed by atoms with Crippen molar-refractivity contribution in [1.29, 1.82) is 0 Å². The summed E-state index contributed by atoms with van der Waals surface area (Å²) in [7, 11) is 0. The minimum atomic E-state index is -1.54. The maximum absolute atomic E-state index is 11.7. The number of carboxylic acids is 1. The summed E-state index contributed by atoms with van der Waals surface area (Å²) in [6.45, 7) is 0.503. The first-order valence-electron chi connectivity index (χ1n) is 5.80. The van der Waals surface area contributed by atoms with Crippen LogP contribution in [0, 0.1) is 0 Å². The molecule has 0 fully saturated rings. The van der Waals surface area contributed by atoms with E-state index in [1.54, 1.807) is 29.2 Å². The molecule has 0 aliphatic heterocycles. The van der Waals surface area contributed by atoms with Crippen LogP contribution in [0.2, 0.25) is 0 Å². The lowest BCUT2D eigenvalue weighted by Gasteiger charge is -2.01. The summed E-state index contributed by atoms with van der Waals surface area (Å²) in [4.78, 5) is 26.3. The van der Waals surface area contributed by atoms with E-state index in [2.05, 4.69) is 4.98 Å². The smallest absolute Gasteiger partial charge is 0.371 e. The van der Waals surface area contributed by atoms with E-state index in [1.165, 1.54) is 0 Å². The van der Waals surface area contributed by atoms with Gasteiger partial charge in [0.1, 0.15) is 0 Å². The first kappa shape index (κ1) is 13.5. The number of pyridine rings is 1. The Labute approximate surface area is 114 Å². The van der Waals surface area contributed by atoms with Gasteiger partial charge in [-0.05, 0) is 18.2 Å². The number of hydrogen-bond acceptors (Lipinski definition) is 4. The van der Waals surface area contributed by atoms with E-state index < -0.39 is 17.5 Å². The highest BCUT2D eigenvalue weighted by molar-refractivity contribution is 6.07. The normalized spacial score (nSPS) is 11.3. The monoisotopic (exact) mass is 272 g/mol. The van der Waals surface area contributed by atoms with Crippen LogP contribution in [0.3, 0.4) is 0 Å². The van der Waals surface area contributed by atoms with Crippen molar-refractivity contribution in [3.8, 4) is 0 Å². The summed E-state index contributed by atoms with van der Waals surface area (Å²) in [6.07, 6.45) is 5.62. The topological polar surface area (TPSA) is 92.4 Å². The van der Waals surface area contributed by atoms with Gasteiger partial charge >= 0.3 is 5.97 Å². The Hall–Kier alpha value is -2.89. The van der Waals surface area contributed by atoms with Crippen LogP contribution in [0.5, 0.6) is 0 Å². The molecule has 2 rings (SSSR count). The Morgan fingerprint density at radius 1 is 1.25 bits per heavy atom. The van der Waals surface area contributed by atoms with E-state index in [0.717, 1.165) is 5.69 Å². The number of nitrogens with zero attached hydrogens (tertiary/aromatic N) is 2. The van der Waals surface area contributed by atoms with Gasteiger partial charge in [0.05, 0.1) is 12.2 Å². The number of aromatic nitrogens is 2. The molecule has 0 atom stereocenters. The molecule has 0 spiro atoms. The summed E-state index contributed by atoms with van der Waals surface area (Å²) in [6, 6.07) is 7.09. The van der Waals surface area contributed by atoms with Gasteiger partial charge < -0.3 is 14.8 Å². The Bertz CT molecular complexity index is 659. The van der Waals surface area contributed by atoms with Gasteiger partial charge in [-0.15, -0.1) is 0 Å². The first-order valence-corrected chi connectivity index (χ1v) is 5.80. The Morgan fingerprint density at radius 3 is 2.70 bits per heavy atom. The highest BCUT2D eigenvalue weighted by Gasteiger charge is 2.10. The van der Waals surface area contributed by atoms with Gasteiger partial charge in [-0.3, -0.25) is 9.78 Å². The van der Waals surface area contributed by atoms with E-state index in [4.69, 9.17) is 10.2 Å². The molecule has 0 amide bonds. The van der Waals surface area contributed by atoms with Crippen LogP contribution in [-0.2, 0) is 11.3 Å². The molecule has 0 aliphatic rings. The van der Waals surface area contributed by atoms with E-state index in [9.17, 15) is 9.59 Å². The predicted octanol–water partition coefficient (Wildman–Crippen LogP) is 1.64. The summed E-state index contributed by atoms with van der Waals surface area (Å²) in [5, 5.41) is 17.5. The molecule has 2 aromatic heterocycles. The van der Waals surface area contributed by atoms with Crippen molar-refractivity contribution in [2.45, 2.75) is 6.54 Å². The number of hydrogen-bond donors (Lipinski definition) is 2. The number of aliphatic hydroxyl groups is 1. The van der Waals surface area contributed by atoms with Crippen LogP contribution in [-0.4, -0.2) is 31.5 Å². The molecule has 0 saturated carbocycles. The van der Waals surface area contributed by atoms with Crippen molar-refractivity contribution in [3.63, 3.8) is 0 Å². The van der Waals surface area contributed by atoms with Crippen molar-refractivity contribution < 1.29 is 19.8 Å². The molecule has 2 heterocycles. The number of ketones is 1. The van der Waals surface area contributed by atoms with Crippen LogP contribution < -0.4 is 0 Å². The highest BCUT2D eigenvalue weighted by atomic mass is 16.4. The van der Waals surface area contributed by atoms with Gasteiger partial charge in [-0.25, -0.2) is 4.79 Å². The van der Waals surface area contributed by atoms with Gasteiger partial charge in [0.15, 0.2) is 5.78 Å². The fourth-order valence-corrected chi connectivity index (χ4v) is 1.63. The van der Waals surface area contributed by atoms with Crippen molar-refractivity contribution in [2.24, 2.45) is 0 Å². The summed E-state index contributed by atoms with van der Waals surface area (Å²) in [5.74, 6) is -3.08. The van der Waals surface area contributed by atoms with E-state index in [1.807, 2.05) is 18.2 Å². The zero-order chi connectivity index (χ0) is 14.5. The maximum atomic E-state index is 11.7. The second-order valence-corrected chi connectivity index (χ2v) is 4.09. The first-order chi connectivity index (χ1) is 9.56. The van der Waals surface area contributed by atoms with Crippen molar-refractivity contribution in [3.05, 3.63) is 65.9 Å². The molecule has 0 radical (unpaired) electrons. The van der Waals surface area contributed by atoms with E-state index >= 15 is 0 Å². The average molecular weight is 272 g/mol. The largest absolute Gasteiger partial charge is 0.502 e. The minimum absolute atomic E-state index is 0.300. The number of carbonyl (C=O) groups excluding carboxylic acids is 1. The van der Waals surface area contributed by atoms with Gasteiger partial charge in [-0.2, -0.15) is 0 Å². The third-order valence-corrected chi connectivity index (χ3v) is 2.59. The fraction of sp³-hybridized carbons (Fsp3) is 0.0714. The molecule has 0 unspecified atom stereocenters. The quantitative estimate of drug-likeness (QED) is 0.490. The van der Waals surface area contributed by atoms with Gasteiger partial charge in [0.25, 0.3) is 0 Å². The molecule has 2 N–H and O–H groups in total. The number of aliphatic carboxylic acids is 1. The van der Waals surface area contributed by atoms with Crippen LogP contribution in [0.4, 0.5) is 0 Å². The van der Waals surface area contributed by atoms with Gasteiger partial charge in [0, 0.05) is 30.2 Å². The second-order valence-electron chi connectivity index (χ2n) is 4.09.